The minimum atomic E-state index is 0.123. The summed E-state index contributed by atoms with van der Waals surface area (Å²) in [5, 5.41) is 23.7. The van der Waals surface area contributed by atoms with Gasteiger partial charge in [-0.05, 0) is 79.7 Å². The maximum absolute atomic E-state index is 10.4. The highest BCUT2D eigenvalue weighted by Gasteiger charge is 2.18. The van der Waals surface area contributed by atoms with E-state index in [1.165, 1.54) is 25.9 Å². The van der Waals surface area contributed by atoms with E-state index in [-0.39, 0.29) is 5.75 Å². The molecule has 2 heterocycles. The molecule has 1 aromatic heterocycles. The largest absolute Gasteiger partial charge is 0.507 e. The molecule has 0 radical (unpaired) electrons. The number of phenolic OH excluding ortho intramolecular Hbond substituents is 1. The zero-order valence-corrected chi connectivity index (χ0v) is 22.8. The van der Waals surface area contributed by atoms with Crippen LogP contribution in [0.15, 0.2) is 97.3 Å². The van der Waals surface area contributed by atoms with Crippen molar-refractivity contribution in [3.05, 3.63) is 108 Å². The van der Waals surface area contributed by atoms with Gasteiger partial charge in [0.1, 0.15) is 23.2 Å². The summed E-state index contributed by atoms with van der Waals surface area (Å²) in [5.74, 6) is 1.46. The highest BCUT2D eigenvalue weighted by atomic mass is 16.3. The van der Waals surface area contributed by atoms with Crippen LogP contribution in [-0.2, 0) is 0 Å². The molecule has 2 aliphatic rings. The summed E-state index contributed by atoms with van der Waals surface area (Å²) in [6.07, 6.45) is 11.4. The number of piperidine rings is 1. The third-order valence-electron chi connectivity index (χ3n) is 7.03. The van der Waals surface area contributed by atoms with Crippen molar-refractivity contribution in [3.8, 4) is 34.2 Å². The minimum Gasteiger partial charge on any atom is -0.507 e. The van der Waals surface area contributed by atoms with Gasteiger partial charge in [-0.15, -0.1) is 0 Å². The maximum Gasteiger partial charge on any atom is 0.149 e. The number of nitrogens with one attached hydrogen (secondary N) is 1. The van der Waals surface area contributed by atoms with Crippen LogP contribution in [0, 0.1) is 17.2 Å². The first-order valence-corrected chi connectivity index (χ1v) is 13.4. The van der Waals surface area contributed by atoms with Crippen molar-refractivity contribution in [3.63, 3.8) is 0 Å². The van der Waals surface area contributed by atoms with Gasteiger partial charge in [-0.2, -0.15) is 5.26 Å². The Balaban J connectivity index is 0.000000379. The van der Waals surface area contributed by atoms with Crippen molar-refractivity contribution in [2.45, 2.75) is 26.2 Å². The van der Waals surface area contributed by atoms with E-state index in [0.29, 0.717) is 33.9 Å². The SMILES string of the molecule is C=Cc1cccc(-c2cc(-c3ccccc3O)nc(NC(=C)C3=CC=CC3)c2C#N)c1.CC1CCCN(C)C1. The van der Waals surface area contributed by atoms with Crippen molar-refractivity contribution in [2.24, 2.45) is 5.92 Å². The lowest BCUT2D eigenvalue weighted by Gasteiger charge is -2.26. The van der Waals surface area contributed by atoms with Gasteiger partial charge < -0.3 is 15.3 Å². The Morgan fingerprint density at radius 3 is 2.64 bits per heavy atom. The normalized spacial score (nSPS) is 16.4. The van der Waals surface area contributed by atoms with E-state index >= 15 is 0 Å². The molecular weight excluding hydrogens is 480 g/mol. The first-order valence-electron chi connectivity index (χ1n) is 13.4. The van der Waals surface area contributed by atoms with Gasteiger partial charge in [0, 0.05) is 23.4 Å². The molecule has 0 saturated carbocycles. The number of likely N-dealkylation sites (tertiary alicyclic amines) is 1. The summed E-state index contributed by atoms with van der Waals surface area (Å²) in [6, 6.07) is 19.0. The molecule has 1 saturated heterocycles. The summed E-state index contributed by atoms with van der Waals surface area (Å²) in [5.41, 5.74) is 5.81. The van der Waals surface area contributed by atoms with E-state index in [2.05, 4.69) is 43.4 Å². The number of nitriles is 1. The van der Waals surface area contributed by atoms with Crippen molar-refractivity contribution >= 4 is 11.9 Å². The van der Waals surface area contributed by atoms with Crippen molar-refractivity contribution < 1.29 is 5.11 Å². The van der Waals surface area contributed by atoms with Crippen LogP contribution in [0.5, 0.6) is 5.75 Å². The molecule has 2 aromatic carbocycles. The fraction of sp³-hybridized carbons (Fsp3) is 0.235. The van der Waals surface area contributed by atoms with Gasteiger partial charge in [0.15, 0.2) is 0 Å². The zero-order valence-electron chi connectivity index (χ0n) is 22.8. The number of allylic oxidation sites excluding steroid dienone is 4. The van der Waals surface area contributed by atoms with E-state index in [0.717, 1.165) is 29.0 Å². The molecule has 0 amide bonds. The quantitative estimate of drug-likeness (QED) is 0.350. The highest BCUT2D eigenvalue weighted by molar-refractivity contribution is 5.83. The number of aromatic hydroxyl groups is 1. The number of pyridine rings is 1. The van der Waals surface area contributed by atoms with E-state index in [4.69, 9.17) is 4.98 Å². The van der Waals surface area contributed by atoms with Gasteiger partial charge in [0.25, 0.3) is 0 Å². The molecule has 1 atom stereocenters. The molecule has 198 valence electrons. The fourth-order valence-electron chi connectivity index (χ4n) is 4.96. The molecule has 2 N–H and O–H groups in total. The van der Waals surface area contributed by atoms with Crippen LogP contribution in [0.3, 0.4) is 0 Å². The zero-order chi connectivity index (χ0) is 27.8. The number of nitrogens with zero attached hydrogens (tertiary/aromatic N) is 3. The fourth-order valence-corrected chi connectivity index (χ4v) is 4.96. The van der Waals surface area contributed by atoms with E-state index < -0.39 is 0 Å². The molecule has 1 aliphatic carbocycles. The van der Waals surface area contributed by atoms with E-state index in [1.54, 1.807) is 24.3 Å². The van der Waals surface area contributed by atoms with Crippen LogP contribution in [0.25, 0.3) is 28.5 Å². The molecule has 3 aromatic rings. The molecule has 5 nitrogen and oxygen atoms in total. The van der Waals surface area contributed by atoms with Gasteiger partial charge in [-0.25, -0.2) is 4.98 Å². The Labute approximate surface area is 232 Å². The van der Waals surface area contributed by atoms with Gasteiger partial charge in [0.2, 0.25) is 0 Å². The van der Waals surface area contributed by atoms with Crippen LogP contribution in [0.2, 0.25) is 0 Å². The molecule has 1 fully saturated rings. The van der Waals surface area contributed by atoms with Crippen LogP contribution < -0.4 is 5.32 Å². The minimum absolute atomic E-state index is 0.123. The molecule has 39 heavy (non-hydrogen) atoms. The van der Waals surface area contributed by atoms with Crippen molar-refractivity contribution in [1.29, 1.82) is 5.26 Å². The Hall–Kier alpha value is -4.40. The standard InChI is InChI=1S/C27H21N3O.C7H15N/c1-3-19-9-8-12-21(15-19)23-16-25(22-13-6-7-14-26(22)31)30-27(24(23)17-28)29-18(2)20-10-4-5-11-20;1-7-4-3-5-8(2)6-7/h3-10,12-16,31H,1-2,11H2,(H,29,30);7H,3-6H2,1-2H3. The lowest BCUT2D eigenvalue weighted by atomic mass is 9.96. The third kappa shape index (κ3) is 6.93. The lowest BCUT2D eigenvalue weighted by Crippen LogP contribution is -2.30. The van der Waals surface area contributed by atoms with Crippen molar-refractivity contribution in [2.75, 3.05) is 25.5 Å². The first kappa shape index (κ1) is 27.6. The monoisotopic (exact) mass is 516 g/mol. The predicted molar refractivity (Wildman–Crippen MR) is 162 cm³/mol. The molecule has 5 rings (SSSR count). The van der Waals surface area contributed by atoms with Gasteiger partial charge in [0.05, 0.1) is 5.69 Å². The Morgan fingerprint density at radius 1 is 1.18 bits per heavy atom. The molecule has 1 aliphatic heterocycles. The number of anilines is 1. The highest BCUT2D eigenvalue weighted by Crippen LogP contribution is 2.36. The molecule has 0 bridgehead atoms. The first-order chi connectivity index (χ1) is 18.9. The van der Waals surface area contributed by atoms with Gasteiger partial charge >= 0.3 is 0 Å². The lowest BCUT2D eigenvalue weighted by molar-refractivity contribution is 0.221. The van der Waals surface area contributed by atoms with Gasteiger partial charge in [-0.1, -0.05) is 74.7 Å². The third-order valence-corrected chi connectivity index (χ3v) is 7.03. The number of para-hydroxylation sites is 1. The van der Waals surface area contributed by atoms with Crippen LogP contribution >= 0.6 is 0 Å². The Bertz CT molecular complexity index is 1450. The number of phenols is 1. The smallest absolute Gasteiger partial charge is 0.149 e. The molecular formula is C34H36N4O. The van der Waals surface area contributed by atoms with Gasteiger partial charge in [-0.3, -0.25) is 0 Å². The van der Waals surface area contributed by atoms with Crippen LogP contribution in [-0.4, -0.2) is 35.1 Å². The second kappa shape index (κ2) is 12.9. The number of hydrogen-bond acceptors (Lipinski definition) is 5. The topological polar surface area (TPSA) is 72.2 Å². The Morgan fingerprint density at radius 2 is 2.00 bits per heavy atom. The molecule has 0 spiro atoms. The predicted octanol–water partition coefficient (Wildman–Crippen LogP) is 7.80. The maximum atomic E-state index is 10.4. The average molecular weight is 517 g/mol. The number of hydrogen-bond donors (Lipinski definition) is 2. The Kier molecular flexibility index (Phi) is 9.14. The van der Waals surface area contributed by atoms with Crippen LogP contribution in [0.4, 0.5) is 5.82 Å². The summed E-state index contributed by atoms with van der Waals surface area (Å²) in [7, 11) is 2.20. The molecule has 5 heteroatoms. The summed E-state index contributed by atoms with van der Waals surface area (Å²) in [6.45, 7) is 12.9. The number of aromatic nitrogens is 1. The summed E-state index contributed by atoms with van der Waals surface area (Å²) in [4.78, 5) is 7.10. The summed E-state index contributed by atoms with van der Waals surface area (Å²) < 4.78 is 0. The molecule has 1 unspecified atom stereocenters. The van der Waals surface area contributed by atoms with E-state index in [1.807, 2.05) is 54.6 Å². The number of benzene rings is 2. The average Bonchev–Trinajstić information content (AvgIpc) is 3.49. The second-order valence-electron chi connectivity index (χ2n) is 10.2. The van der Waals surface area contributed by atoms with Crippen molar-refractivity contribution in [1.82, 2.24) is 9.88 Å². The number of rotatable bonds is 6. The second-order valence-corrected chi connectivity index (χ2v) is 10.2. The van der Waals surface area contributed by atoms with E-state index in [9.17, 15) is 10.4 Å². The summed E-state index contributed by atoms with van der Waals surface area (Å²) >= 11 is 0. The van der Waals surface area contributed by atoms with Crippen LogP contribution in [0.1, 0.15) is 37.3 Å².